The average molecular weight is 187 g/mol. The van der Waals surface area contributed by atoms with Gasteiger partial charge in [0.2, 0.25) is 5.91 Å². The summed E-state index contributed by atoms with van der Waals surface area (Å²) in [7, 11) is 0. The SMILES string of the molecule is CCOC(=O)CCC(=O)N=C(N)N. The number of esters is 1. The lowest BCUT2D eigenvalue weighted by atomic mass is 10.3. The monoisotopic (exact) mass is 187 g/mol. The van der Waals surface area contributed by atoms with E-state index in [-0.39, 0.29) is 18.8 Å². The van der Waals surface area contributed by atoms with Gasteiger partial charge < -0.3 is 16.2 Å². The van der Waals surface area contributed by atoms with Gasteiger partial charge in [0.05, 0.1) is 13.0 Å². The normalized spacial score (nSPS) is 9.00. The molecule has 0 aromatic carbocycles. The Labute approximate surface area is 75.9 Å². The molecule has 0 saturated carbocycles. The van der Waals surface area contributed by atoms with Crippen molar-refractivity contribution in [1.82, 2.24) is 0 Å². The predicted molar refractivity (Wildman–Crippen MR) is 46.7 cm³/mol. The van der Waals surface area contributed by atoms with Crippen molar-refractivity contribution in [1.29, 1.82) is 0 Å². The Kier molecular flexibility index (Phi) is 5.25. The molecule has 0 rings (SSSR count). The molecule has 0 aliphatic heterocycles. The van der Waals surface area contributed by atoms with Crippen LogP contribution < -0.4 is 11.5 Å². The highest BCUT2D eigenvalue weighted by Gasteiger charge is 2.06. The molecule has 13 heavy (non-hydrogen) atoms. The minimum absolute atomic E-state index is 0.00343. The number of rotatable bonds is 4. The van der Waals surface area contributed by atoms with Crippen LogP contribution in [0.3, 0.4) is 0 Å². The molecule has 0 aliphatic carbocycles. The van der Waals surface area contributed by atoms with E-state index in [2.05, 4.69) is 9.73 Å². The van der Waals surface area contributed by atoms with Crippen LogP contribution in [0.15, 0.2) is 4.99 Å². The molecular formula is C7H13N3O3. The third-order valence-electron chi connectivity index (χ3n) is 1.10. The summed E-state index contributed by atoms with van der Waals surface area (Å²) >= 11 is 0. The molecule has 0 fully saturated rings. The summed E-state index contributed by atoms with van der Waals surface area (Å²) in [4.78, 5) is 24.8. The Morgan fingerprint density at radius 3 is 2.38 bits per heavy atom. The molecule has 6 nitrogen and oxygen atoms in total. The molecule has 0 unspecified atom stereocenters. The molecule has 0 spiro atoms. The Balaban J connectivity index is 3.71. The number of amides is 1. The van der Waals surface area contributed by atoms with E-state index < -0.39 is 11.9 Å². The van der Waals surface area contributed by atoms with E-state index in [0.717, 1.165) is 0 Å². The lowest BCUT2D eigenvalue weighted by Crippen LogP contribution is -2.24. The van der Waals surface area contributed by atoms with Gasteiger partial charge in [0, 0.05) is 6.42 Å². The highest BCUT2D eigenvalue weighted by molar-refractivity contribution is 5.92. The van der Waals surface area contributed by atoms with Crippen molar-refractivity contribution >= 4 is 17.8 Å². The number of hydrogen-bond donors (Lipinski definition) is 2. The molecule has 0 aromatic heterocycles. The van der Waals surface area contributed by atoms with Crippen molar-refractivity contribution in [3.8, 4) is 0 Å². The van der Waals surface area contributed by atoms with E-state index in [1.165, 1.54) is 0 Å². The van der Waals surface area contributed by atoms with Crippen LogP contribution in [0.25, 0.3) is 0 Å². The van der Waals surface area contributed by atoms with Crippen LogP contribution in [0.1, 0.15) is 19.8 Å². The maximum absolute atomic E-state index is 10.8. The fraction of sp³-hybridized carbons (Fsp3) is 0.571. The zero-order valence-electron chi connectivity index (χ0n) is 7.45. The first-order valence-corrected chi connectivity index (χ1v) is 3.84. The number of carbonyl (C=O) groups excluding carboxylic acids is 2. The van der Waals surface area contributed by atoms with Crippen LogP contribution in [-0.2, 0) is 14.3 Å². The van der Waals surface area contributed by atoms with E-state index in [1.54, 1.807) is 6.92 Å². The van der Waals surface area contributed by atoms with E-state index in [1.807, 2.05) is 0 Å². The van der Waals surface area contributed by atoms with Crippen LogP contribution in [-0.4, -0.2) is 24.4 Å². The molecule has 1 amide bonds. The van der Waals surface area contributed by atoms with E-state index in [0.29, 0.717) is 6.61 Å². The van der Waals surface area contributed by atoms with Crippen molar-refractivity contribution in [2.75, 3.05) is 6.61 Å². The van der Waals surface area contributed by atoms with Gasteiger partial charge in [-0.1, -0.05) is 0 Å². The minimum atomic E-state index is -0.520. The molecule has 4 N–H and O–H groups in total. The predicted octanol–water partition coefficient (Wildman–Crippen LogP) is -0.870. The van der Waals surface area contributed by atoms with Gasteiger partial charge in [-0.3, -0.25) is 9.59 Å². The van der Waals surface area contributed by atoms with Gasteiger partial charge >= 0.3 is 5.97 Å². The van der Waals surface area contributed by atoms with Crippen LogP contribution >= 0.6 is 0 Å². The zero-order valence-corrected chi connectivity index (χ0v) is 7.45. The fourth-order valence-electron chi connectivity index (χ4n) is 0.642. The highest BCUT2D eigenvalue weighted by atomic mass is 16.5. The molecule has 6 heteroatoms. The van der Waals surface area contributed by atoms with Crippen molar-refractivity contribution in [3.05, 3.63) is 0 Å². The second-order valence-corrected chi connectivity index (χ2v) is 2.24. The quantitative estimate of drug-likeness (QED) is 0.338. The number of nitrogens with two attached hydrogens (primary N) is 2. The second kappa shape index (κ2) is 5.99. The first-order valence-electron chi connectivity index (χ1n) is 3.84. The summed E-state index contributed by atoms with van der Waals surface area (Å²) in [6, 6.07) is 0. The molecule has 0 saturated heterocycles. The number of carbonyl (C=O) groups is 2. The molecule has 0 bridgehead atoms. The van der Waals surface area contributed by atoms with Crippen LogP contribution in [0, 0.1) is 0 Å². The fourth-order valence-corrected chi connectivity index (χ4v) is 0.642. The van der Waals surface area contributed by atoms with Gasteiger partial charge in [-0.05, 0) is 6.92 Å². The summed E-state index contributed by atoms with van der Waals surface area (Å²) in [5, 5.41) is 0. The third kappa shape index (κ3) is 6.79. The van der Waals surface area contributed by atoms with Crippen LogP contribution in [0.5, 0.6) is 0 Å². The molecule has 74 valence electrons. The largest absolute Gasteiger partial charge is 0.466 e. The van der Waals surface area contributed by atoms with Crippen molar-refractivity contribution in [3.63, 3.8) is 0 Å². The second-order valence-electron chi connectivity index (χ2n) is 2.24. The minimum Gasteiger partial charge on any atom is -0.466 e. The lowest BCUT2D eigenvalue weighted by Gasteiger charge is -1.98. The maximum atomic E-state index is 10.8. The molecular weight excluding hydrogens is 174 g/mol. The third-order valence-corrected chi connectivity index (χ3v) is 1.10. The van der Waals surface area contributed by atoms with E-state index >= 15 is 0 Å². The smallest absolute Gasteiger partial charge is 0.306 e. The van der Waals surface area contributed by atoms with Gasteiger partial charge in [-0.15, -0.1) is 0 Å². The summed E-state index contributed by atoms with van der Waals surface area (Å²) in [6.45, 7) is 1.99. The highest BCUT2D eigenvalue weighted by Crippen LogP contribution is 1.94. The van der Waals surface area contributed by atoms with Crippen LogP contribution in [0.4, 0.5) is 0 Å². The first kappa shape index (κ1) is 11.4. The first-order chi connectivity index (χ1) is 6.06. The van der Waals surface area contributed by atoms with Crippen molar-refractivity contribution in [2.45, 2.75) is 19.8 Å². The van der Waals surface area contributed by atoms with Gasteiger partial charge in [-0.25, -0.2) is 0 Å². The average Bonchev–Trinajstić information content (AvgIpc) is 2.00. The number of aliphatic imine (C=N–C) groups is 1. The summed E-state index contributed by atoms with van der Waals surface area (Å²) in [5.74, 6) is -1.25. The number of ether oxygens (including phenoxy) is 1. The molecule has 0 aliphatic rings. The Hall–Kier alpha value is -1.59. The van der Waals surface area contributed by atoms with Crippen molar-refractivity contribution < 1.29 is 14.3 Å². The Morgan fingerprint density at radius 1 is 1.31 bits per heavy atom. The summed E-state index contributed by atoms with van der Waals surface area (Å²) in [5.41, 5.74) is 9.90. The standard InChI is InChI=1S/C7H13N3O3/c1-2-13-6(12)4-3-5(11)10-7(8)9/h2-4H2,1H3,(H4,8,9,10,11). The van der Waals surface area contributed by atoms with Crippen LogP contribution in [0.2, 0.25) is 0 Å². The molecule has 0 aromatic rings. The lowest BCUT2D eigenvalue weighted by molar-refractivity contribution is -0.144. The Morgan fingerprint density at radius 2 is 1.92 bits per heavy atom. The number of nitrogens with zero attached hydrogens (tertiary/aromatic N) is 1. The van der Waals surface area contributed by atoms with Gasteiger partial charge in [0.25, 0.3) is 0 Å². The van der Waals surface area contributed by atoms with Gasteiger partial charge in [0.15, 0.2) is 5.96 Å². The van der Waals surface area contributed by atoms with Crippen molar-refractivity contribution in [2.24, 2.45) is 16.5 Å². The van der Waals surface area contributed by atoms with Gasteiger partial charge in [0.1, 0.15) is 0 Å². The molecule has 0 radical (unpaired) electrons. The Bertz CT molecular complexity index is 221. The molecule has 0 atom stereocenters. The molecule has 0 heterocycles. The van der Waals surface area contributed by atoms with E-state index in [9.17, 15) is 9.59 Å². The summed E-state index contributed by atoms with van der Waals surface area (Å²) < 4.78 is 4.60. The maximum Gasteiger partial charge on any atom is 0.306 e. The topological polar surface area (TPSA) is 108 Å². The van der Waals surface area contributed by atoms with Gasteiger partial charge in [-0.2, -0.15) is 4.99 Å². The number of hydrogen-bond acceptors (Lipinski definition) is 3. The summed E-state index contributed by atoms with van der Waals surface area (Å²) in [6.07, 6.45) is -0.0276. The zero-order chi connectivity index (χ0) is 10.3. The number of guanidine groups is 1. The van der Waals surface area contributed by atoms with E-state index in [4.69, 9.17) is 11.5 Å².